The van der Waals surface area contributed by atoms with Crippen LogP contribution < -0.4 is 5.32 Å². The highest BCUT2D eigenvalue weighted by Crippen LogP contribution is 2.40. The van der Waals surface area contributed by atoms with E-state index in [0.29, 0.717) is 12.8 Å². The molecule has 1 fully saturated rings. The van der Waals surface area contributed by atoms with Crippen molar-refractivity contribution in [3.05, 3.63) is 34.3 Å². The maximum atomic E-state index is 12.1. The monoisotopic (exact) mass is 336 g/mol. The van der Waals surface area contributed by atoms with Crippen LogP contribution in [0.1, 0.15) is 37.9 Å². The van der Waals surface area contributed by atoms with Crippen LogP contribution in [-0.4, -0.2) is 17.1 Å². The molecule has 2 unspecified atom stereocenters. The first kappa shape index (κ1) is 15.0. The molecule has 0 spiro atoms. The summed E-state index contributed by atoms with van der Waals surface area (Å²) in [5.41, 5.74) is -0.145. The van der Waals surface area contributed by atoms with Crippen LogP contribution in [0.15, 0.2) is 28.7 Å². The van der Waals surface area contributed by atoms with Gasteiger partial charge in [0.25, 0.3) is 0 Å². The van der Waals surface area contributed by atoms with E-state index in [2.05, 4.69) is 27.3 Å². The highest BCUT2D eigenvalue weighted by atomic mass is 79.9. The topological polar surface area (TPSA) is 73.1 Å². The molecule has 20 heavy (non-hydrogen) atoms. The predicted octanol–water partition coefficient (Wildman–Crippen LogP) is 2.68. The van der Waals surface area contributed by atoms with Crippen molar-refractivity contribution in [1.29, 1.82) is 5.26 Å². The number of nitriles is 1. The molecular formula is C15H17BrN2O2. The van der Waals surface area contributed by atoms with Crippen LogP contribution in [0, 0.1) is 16.7 Å². The fourth-order valence-corrected chi connectivity index (χ4v) is 2.56. The molecule has 0 heterocycles. The van der Waals surface area contributed by atoms with Gasteiger partial charge in [-0.3, -0.25) is 4.79 Å². The smallest absolute Gasteiger partial charge is 0.240 e. The van der Waals surface area contributed by atoms with E-state index in [1.807, 2.05) is 12.1 Å². The zero-order valence-corrected chi connectivity index (χ0v) is 12.9. The first-order valence-electron chi connectivity index (χ1n) is 6.64. The van der Waals surface area contributed by atoms with Crippen molar-refractivity contribution in [1.82, 2.24) is 5.32 Å². The van der Waals surface area contributed by atoms with Crippen LogP contribution in [0.3, 0.4) is 0 Å². The van der Waals surface area contributed by atoms with Gasteiger partial charge in [0.15, 0.2) is 0 Å². The number of hydrogen-bond donors (Lipinski definition) is 2. The van der Waals surface area contributed by atoms with Crippen molar-refractivity contribution in [3.63, 3.8) is 0 Å². The minimum absolute atomic E-state index is 0.269. The summed E-state index contributed by atoms with van der Waals surface area (Å²) in [6.45, 7) is 1.74. The first-order chi connectivity index (χ1) is 9.48. The van der Waals surface area contributed by atoms with Crippen molar-refractivity contribution in [2.75, 3.05) is 0 Å². The van der Waals surface area contributed by atoms with E-state index in [1.165, 1.54) is 0 Å². The molecule has 106 valence electrons. The third-order valence-electron chi connectivity index (χ3n) is 3.90. The van der Waals surface area contributed by atoms with E-state index in [-0.39, 0.29) is 5.91 Å². The highest BCUT2D eigenvalue weighted by molar-refractivity contribution is 9.10. The summed E-state index contributed by atoms with van der Waals surface area (Å²) in [6.07, 6.45) is 1.33. The van der Waals surface area contributed by atoms with E-state index in [9.17, 15) is 9.90 Å². The summed E-state index contributed by atoms with van der Waals surface area (Å²) in [5, 5.41) is 22.1. The van der Waals surface area contributed by atoms with Crippen molar-refractivity contribution < 1.29 is 9.90 Å². The van der Waals surface area contributed by atoms with Crippen LogP contribution >= 0.6 is 15.9 Å². The first-order valence-corrected chi connectivity index (χ1v) is 7.43. The van der Waals surface area contributed by atoms with Crippen LogP contribution in [0.2, 0.25) is 0 Å². The fraction of sp³-hybridized carbons (Fsp3) is 0.467. The van der Waals surface area contributed by atoms with E-state index >= 15 is 0 Å². The quantitative estimate of drug-likeness (QED) is 0.887. The molecule has 2 atom stereocenters. The molecule has 0 aliphatic heterocycles. The fourth-order valence-electron chi connectivity index (χ4n) is 2.29. The van der Waals surface area contributed by atoms with Crippen LogP contribution in [-0.2, 0) is 4.79 Å². The third-order valence-corrected chi connectivity index (χ3v) is 4.43. The number of halogens is 1. The molecule has 5 heteroatoms. The van der Waals surface area contributed by atoms with Gasteiger partial charge in [0, 0.05) is 4.47 Å². The zero-order chi connectivity index (χ0) is 14.8. The third kappa shape index (κ3) is 2.87. The minimum Gasteiger partial charge on any atom is -0.386 e. The van der Waals surface area contributed by atoms with Crippen molar-refractivity contribution in [2.45, 2.75) is 38.3 Å². The molecule has 0 bridgehead atoms. The summed E-state index contributed by atoms with van der Waals surface area (Å²) in [6, 6.07) is 8.97. The van der Waals surface area contributed by atoms with Crippen LogP contribution in [0.4, 0.5) is 0 Å². The van der Waals surface area contributed by atoms with Gasteiger partial charge >= 0.3 is 0 Å². The number of rotatable bonds is 4. The van der Waals surface area contributed by atoms with Gasteiger partial charge in [-0.15, -0.1) is 0 Å². The summed E-state index contributed by atoms with van der Waals surface area (Å²) in [5.74, 6) is -0.269. The number of aliphatic hydroxyl groups is 1. The highest BCUT2D eigenvalue weighted by Gasteiger charge is 2.45. The Labute approximate surface area is 126 Å². The molecule has 1 aliphatic carbocycles. The molecule has 1 aromatic rings. The Kier molecular flexibility index (Phi) is 4.46. The normalized spacial score (nSPS) is 19.3. The largest absolute Gasteiger partial charge is 0.386 e. The number of amides is 1. The van der Waals surface area contributed by atoms with Gasteiger partial charge in [0.2, 0.25) is 5.91 Å². The van der Waals surface area contributed by atoms with Crippen molar-refractivity contribution in [3.8, 4) is 6.07 Å². The van der Waals surface area contributed by atoms with Gasteiger partial charge in [-0.05, 0) is 43.9 Å². The molecule has 4 nitrogen and oxygen atoms in total. The lowest BCUT2D eigenvalue weighted by molar-refractivity contribution is -0.133. The van der Waals surface area contributed by atoms with Gasteiger partial charge in [-0.1, -0.05) is 28.1 Å². The van der Waals surface area contributed by atoms with Crippen LogP contribution in [0.5, 0.6) is 0 Å². The number of nitrogens with one attached hydrogen (secondary N) is 1. The Morgan fingerprint density at radius 3 is 2.50 bits per heavy atom. The Balaban J connectivity index is 2.01. The molecule has 0 saturated heterocycles. The van der Waals surface area contributed by atoms with E-state index in [4.69, 9.17) is 5.26 Å². The number of hydrogen-bond acceptors (Lipinski definition) is 3. The number of nitrogens with zero attached hydrogens (tertiary/aromatic N) is 1. The van der Waals surface area contributed by atoms with Gasteiger partial charge in [0.05, 0.1) is 18.2 Å². The van der Waals surface area contributed by atoms with E-state index in [0.717, 1.165) is 16.5 Å². The molecule has 1 amide bonds. The van der Waals surface area contributed by atoms with Crippen molar-refractivity contribution >= 4 is 21.8 Å². The Hall–Kier alpha value is -1.38. The second-order valence-electron chi connectivity index (χ2n) is 5.31. The van der Waals surface area contributed by atoms with E-state index < -0.39 is 17.6 Å². The maximum absolute atomic E-state index is 12.1. The SMILES string of the molecule is CC(NC(=O)C1(C#N)CCC1)C(O)c1ccc(Br)cc1. The summed E-state index contributed by atoms with van der Waals surface area (Å²) in [4.78, 5) is 12.1. The average Bonchev–Trinajstić information content (AvgIpc) is 2.38. The van der Waals surface area contributed by atoms with Gasteiger partial charge in [-0.2, -0.15) is 5.26 Å². The van der Waals surface area contributed by atoms with Gasteiger partial charge in [0.1, 0.15) is 5.41 Å². The molecule has 1 aliphatic rings. The Bertz CT molecular complexity index is 532. The summed E-state index contributed by atoms with van der Waals surface area (Å²) in [7, 11) is 0. The molecule has 0 aromatic heterocycles. The van der Waals surface area contributed by atoms with Crippen molar-refractivity contribution in [2.24, 2.45) is 5.41 Å². The number of benzene rings is 1. The second kappa shape index (κ2) is 5.94. The molecule has 2 rings (SSSR count). The lowest BCUT2D eigenvalue weighted by atomic mass is 9.69. The second-order valence-corrected chi connectivity index (χ2v) is 6.22. The Morgan fingerprint density at radius 1 is 1.45 bits per heavy atom. The number of carbonyl (C=O) groups excluding carboxylic acids is 1. The minimum atomic E-state index is -0.881. The maximum Gasteiger partial charge on any atom is 0.240 e. The van der Waals surface area contributed by atoms with Gasteiger partial charge in [-0.25, -0.2) is 0 Å². The number of carbonyl (C=O) groups is 1. The lowest BCUT2D eigenvalue weighted by Gasteiger charge is -2.35. The molecule has 1 saturated carbocycles. The average molecular weight is 337 g/mol. The Morgan fingerprint density at radius 2 is 2.05 bits per heavy atom. The molecule has 1 aromatic carbocycles. The standard InChI is InChI=1S/C15H17BrN2O2/c1-10(13(19)11-3-5-12(16)6-4-11)18-14(20)15(9-17)7-2-8-15/h3-6,10,13,19H,2,7-8H2,1H3,(H,18,20). The van der Waals surface area contributed by atoms with Gasteiger partial charge < -0.3 is 10.4 Å². The molecule has 2 N–H and O–H groups in total. The van der Waals surface area contributed by atoms with Crippen LogP contribution in [0.25, 0.3) is 0 Å². The molecular weight excluding hydrogens is 320 g/mol. The lowest BCUT2D eigenvalue weighted by Crippen LogP contribution is -2.49. The zero-order valence-electron chi connectivity index (χ0n) is 11.3. The predicted molar refractivity (Wildman–Crippen MR) is 78.6 cm³/mol. The summed E-state index contributed by atoms with van der Waals surface area (Å²) < 4.78 is 0.933. The molecule has 0 radical (unpaired) electrons. The van der Waals surface area contributed by atoms with E-state index in [1.54, 1.807) is 19.1 Å². The summed E-state index contributed by atoms with van der Waals surface area (Å²) >= 11 is 3.34. The number of aliphatic hydroxyl groups excluding tert-OH is 1.